The molecule has 2 rings (SSSR count). The van der Waals surface area contributed by atoms with Crippen LogP contribution in [0.1, 0.15) is 10.4 Å². The summed E-state index contributed by atoms with van der Waals surface area (Å²) >= 11 is 0. The van der Waals surface area contributed by atoms with Crippen LogP contribution in [0, 0.1) is 0 Å². The number of rotatable bonds is 2. The van der Waals surface area contributed by atoms with Gasteiger partial charge in [0.15, 0.2) is 0 Å². The van der Waals surface area contributed by atoms with E-state index in [9.17, 15) is 9.59 Å². The highest BCUT2D eigenvalue weighted by Gasteiger charge is 2.14. The number of nitrogens with one attached hydrogen (secondary N) is 1. The minimum atomic E-state index is -0.646. The van der Waals surface area contributed by atoms with Crippen LogP contribution in [0.3, 0.4) is 0 Å². The van der Waals surface area contributed by atoms with Gasteiger partial charge in [-0.25, -0.2) is 4.98 Å². The third kappa shape index (κ3) is 2.78. The Labute approximate surface area is 98.1 Å². The van der Waals surface area contributed by atoms with Crippen molar-refractivity contribution < 1.29 is 9.59 Å². The number of nitrogens with zero attached hydrogens (tertiary/aromatic N) is 2. The Balaban J connectivity index is 1.92. The molecule has 5 heteroatoms. The third-order valence-corrected chi connectivity index (χ3v) is 2.23. The van der Waals surface area contributed by atoms with E-state index in [1.54, 1.807) is 0 Å². The molecule has 5 nitrogen and oxygen atoms in total. The monoisotopic (exact) mass is 229 g/mol. The van der Waals surface area contributed by atoms with Crippen LogP contribution in [-0.4, -0.2) is 21.4 Å². The molecule has 0 atom stereocenters. The molecule has 0 fully saturated rings. The zero-order chi connectivity index (χ0) is 12.1. The molecule has 0 aliphatic rings. The number of aromatic nitrogens is 2. The Kier molecular flexibility index (Phi) is 3.30. The smallest absolute Gasteiger partial charge is 0.321 e. The van der Waals surface area contributed by atoms with Crippen LogP contribution in [-0.2, 0) is 11.3 Å². The Bertz CT molecular complexity index is 506. The van der Waals surface area contributed by atoms with Gasteiger partial charge in [0.2, 0.25) is 0 Å². The second-order valence-electron chi connectivity index (χ2n) is 3.44. The molecule has 0 radical (unpaired) electrons. The predicted molar refractivity (Wildman–Crippen MR) is 61.1 cm³/mol. The minimum Gasteiger partial charge on any atom is -0.344 e. The number of amides is 1. The summed E-state index contributed by atoms with van der Waals surface area (Å²) in [6.07, 6.45) is 4.18. The van der Waals surface area contributed by atoms with Crippen molar-refractivity contribution in [2.24, 2.45) is 0 Å². The molecule has 86 valence electrons. The van der Waals surface area contributed by atoms with Crippen molar-refractivity contribution in [2.45, 2.75) is 6.54 Å². The Morgan fingerprint density at radius 1 is 1.24 bits per heavy atom. The average Bonchev–Trinajstić information content (AvgIpc) is 2.90. The van der Waals surface area contributed by atoms with E-state index in [1.165, 1.54) is 18.7 Å². The molecule has 1 N–H and O–H groups in total. The van der Waals surface area contributed by atoms with Gasteiger partial charge in [-0.1, -0.05) is 30.3 Å². The summed E-state index contributed by atoms with van der Waals surface area (Å²) in [5, 5.41) is 2.55. The van der Waals surface area contributed by atoms with Crippen LogP contribution in [0.2, 0.25) is 0 Å². The summed E-state index contributed by atoms with van der Waals surface area (Å²) in [7, 11) is 0. The van der Waals surface area contributed by atoms with E-state index in [4.69, 9.17) is 0 Å². The van der Waals surface area contributed by atoms with Crippen LogP contribution in [0.25, 0.3) is 0 Å². The summed E-state index contributed by atoms with van der Waals surface area (Å²) in [5.74, 6) is -1.29. The number of carbonyl (C=O) groups is 2. The normalized spacial score (nSPS) is 9.88. The fourth-order valence-corrected chi connectivity index (χ4v) is 1.35. The van der Waals surface area contributed by atoms with Gasteiger partial charge >= 0.3 is 11.8 Å². The number of benzene rings is 1. The van der Waals surface area contributed by atoms with Crippen molar-refractivity contribution in [1.29, 1.82) is 0 Å². The highest BCUT2D eigenvalue weighted by atomic mass is 16.2. The second-order valence-corrected chi connectivity index (χ2v) is 3.44. The van der Waals surface area contributed by atoms with Gasteiger partial charge in [0.05, 0.1) is 0 Å². The Hall–Kier alpha value is -2.43. The molecule has 1 aromatic carbocycles. The van der Waals surface area contributed by atoms with E-state index in [0.29, 0.717) is 6.54 Å². The number of imidazole rings is 1. The quantitative estimate of drug-likeness (QED) is 0.776. The Morgan fingerprint density at radius 2 is 2.00 bits per heavy atom. The van der Waals surface area contributed by atoms with E-state index >= 15 is 0 Å². The molecule has 1 aromatic heterocycles. The lowest BCUT2D eigenvalue weighted by Crippen LogP contribution is -2.33. The van der Waals surface area contributed by atoms with Crippen LogP contribution in [0.15, 0.2) is 49.1 Å². The van der Waals surface area contributed by atoms with E-state index in [2.05, 4.69) is 10.3 Å². The van der Waals surface area contributed by atoms with Gasteiger partial charge in [-0.15, -0.1) is 0 Å². The van der Waals surface area contributed by atoms with Crippen LogP contribution < -0.4 is 5.32 Å². The fourth-order valence-electron chi connectivity index (χ4n) is 1.35. The number of hydrogen-bond acceptors (Lipinski definition) is 3. The van der Waals surface area contributed by atoms with Crippen LogP contribution in [0.5, 0.6) is 0 Å². The summed E-state index contributed by atoms with van der Waals surface area (Å²) < 4.78 is 1.14. The lowest BCUT2D eigenvalue weighted by atomic mass is 10.2. The van der Waals surface area contributed by atoms with Crippen molar-refractivity contribution in [1.82, 2.24) is 14.9 Å². The first-order valence-corrected chi connectivity index (χ1v) is 5.12. The molecule has 17 heavy (non-hydrogen) atoms. The number of carbonyl (C=O) groups excluding carboxylic acids is 2. The van der Waals surface area contributed by atoms with E-state index < -0.39 is 11.8 Å². The third-order valence-electron chi connectivity index (χ3n) is 2.23. The summed E-state index contributed by atoms with van der Waals surface area (Å²) in [6, 6.07) is 9.39. The first-order chi connectivity index (χ1) is 8.27. The number of hydrogen-bond donors (Lipinski definition) is 1. The zero-order valence-electron chi connectivity index (χ0n) is 9.04. The lowest BCUT2D eigenvalue weighted by molar-refractivity contribution is -0.117. The molecule has 0 saturated heterocycles. The lowest BCUT2D eigenvalue weighted by Gasteiger charge is -2.04. The highest BCUT2D eigenvalue weighted by molar-refractivity contribution is 6.35. The molecule has 1 amide bonds. The molecular weight excluding hydrogens is 218 g/mol. The van der Waals surface area contributed by atoms with Crippen molar-refractivity contribution in [2.75, 3.05) is 0 Å². The Morgan fingerprint density at radius 3 is 2.65 bits per heavy atom. The fraction of sp³-hybridized carbons (Fsp3) is 0.0833. The average molecular weight is 229 g/mol. The van der Waals surface area contributed by atoms with Gasteiger partial charge in [0.1, 0.15) is 6.33 Å². The maximum absolute atomic E-state index is 11.5. The van der Waals surface area contributed by atoms with Gasteiger partial charge in [-0.05, 0) is 5.56 Å². The largest absolute Gasteiger partial charge is 0.344 e. The zero-order valence-corrected chi connectivity index (χ0v) is 9.04. The van der Waals surface area contributed by atoms with Gasteiger partial charge in [0.25, 0.3) is 0 Å². The van der Waals surface area contributed by atoms with Crippen LogP contribution >= 0.6 is 0 Å². The molecular formula is C12H11N3O2. The molecule has 1 heterocycles. The van der Waals surface area contributed by atoms with Crippen molar-refractivity contribution in [3.05, 3.63) is 54.6 Å². The molecule has 0 aliphatic carbocycles. The van der Waals surface area contributed by atoms with Gasteiger partial charge < -0.3 is 5.32 Å². The first-order valence-electron chi connectivity index (χ1n) is 5.12. The molecule has 0 spiro atoms. The van der Waals surface area contributed by atoms with Crippen molar-refractivity contribution >= 4 is 11.8 Å². The highest BCUT2D eigenvalue weighted by Crippen LogP contribution is 1.97. The van der Waals surface area contributed by atoms with E-state index in [1.807, 2.05) is 30.3 Å². The molecule has 0 saturated carbocycles. The van der Waals surface area contributed by atoms with Crippen molar-refractivity contribution in [3.8, 4) is 0 Å². The van der Waals surface area contributed by atoms with Gasteiger partial charge in [0, 0.05) is 18.9 Å². The maximum Gasteiger partial charge on any atom is 0.321 e. The van der Waals surface area contributed by atoms with E-state index in [0.717, 1.165) is 10.1 Å². The van der Waals surface area contributed by atoms with Crippen molar-refractivity contribution in [3.63, 3.8) is 0 Å². The summed E-state index contributed by atoms with van der Waals surface area (Å²) in [5.41, 5.74) is 0.944. The summed E-state index contributed by atoms with van der Waals surface area (Å²) in [4.78, 5) is 26.7. The van der Waals surface area contributed by atoms with Crippen LogP contribution in [0.4, 0.5) is 0 Å². The maximum atomic E-state index is 11.5. The molecule has 2 aromatic rings. The van der Waals surface area contributed by atoms with Gasteiger partial charge in [-0.3, -0.25) is 14.2 Å². The second kappa shape index (κ2) is 5.07. The molecule has 0 aliphatic heterocycles. The van der Waals surface area contributed by atoms with E-state index in [-0.39, 0.29) is 0 Å². The standard InChI is InChI=1S/C12H11N3O2/c16-11(12(17)15-7-6-13-9-15)14-8-10-4-2-1-3-5-10/h1-7,9H,8H2,(H,14,16). The topological polar surface area (TPSA) is 64.0 Å². The molecule has 0 unspecified atom stereocenters. The first kappa shape index (κ1) is 11.1. The van der Waals surface area contributed by atoms with Gasteiger partial charge in [-0.2, -0.15) is 0 Å². The summed E-state index contributed by atoms with van der Waals surface area (Å²) in [6.45, 7) is 0.333. The minimum absolute atomic E-state index is 0.333. The predicted octanol–water partition coefficient (Wildman–Crippen LogP) is 0.840. The SMILES string of the molecule is O=C(NCc1ccccc1)C(=O)n1ccnc1. The molecule has 0 bridgehead atoms.